The second-order valence-electron chi connectivity index (χ2n) is 3.85. The molecule has 2 amide bonds. The lowest BCUT2D eigenvalue weighted by molar-refractivity contribution is 0.179. The first-order valence-corrected chi connectivity index (χ1v) is 5.81. The summed E-state index contributed by atoms with van der Waals surface area (Å²) in [4.78, 5) is 13.2. The quantitative estimate of drug-likeness (QED) is 0.809. The van der Waals surface area contributed by atoms with Gasteiger partial charge in [-0.3, -0.25) is 5.43 Å². The third-order valence-electron chi connectivity index (χ3n) is 2.71. The second-order valence-corrected chi connectivity index (χ2v) is 3.85. The number of nitrogens with zero attached hydrogens (tertiary/aromatic N) is 1. The number of nitrogens with one attached hydrogen (secondary N) is 2. The van der Waals surface area contributed by atoms with Crippen LogP contribution in [0, 0.1) is 0 Å². The molecule has 1 heterocycles. The Kier molecular flexibility index (Phi) is 3.82. The average Bonchev–Trinajstić information content (AvgIpc) is 2.72. The first kappa shape index (κ1) is 11.7. The fourth-order valence-corrected chi connectivity index (χ4v) is 1.79. The predicted octanol–water partition coefficient (Wildman–Crippen LogP) is 1.33. The van der Waals surface area contributed by atoms with Gasteiger partial charge >= 0.3 is 6.03 Å². The minimum Gasteiger partial charge on any atom is -0.492 e. The molecule has 0 bridgehead atoms. The van der Waals surface area contributed by atoms with E-state index in [4.69, 9.17) is 4.74 Å². The molecule has 5 nitrogen and oxygen atoms in total. The predicted molar refractivity (Wildman–Crippen MR) is 64.4 cm³/mol. The summed E-state index contributed by atoms with van der Waals surface area (Å²) >= 11 is 0. The van der Waals surface area contributed by atoms with Gasteiger partial charge in [0.05, 0.1) is 6.54 Å². The Labute approximate surface area is 101 Å². The fraction of sp³-hybridized carbons (Fsp3) is 0.417. The van der Waals surface area contributed by atoms with Crippen LogP contribution in [0.4, 0.5) is 4.79 Å². The lowest BCUT2D eigenvalue weighted by Crippen LogP contribution is -2.39. The molecule has 0 spiro atoms. The maximum Gasteiger partial charge on any atom is 0.333 e. The molecule has 1 unspecified atom stereocenters. The molecule has 1 aromatic rings. The number of carbonyl (C=O) groups is 1. The highest BCUT2D eigenvalue weighted by atomic mass is 16.5. The molecule has 0 saturated carbocycles. The fourth-order valence-electron chi connectivity index (χ4n) is 1.79. The summed E-state index contributed by atoms with van der Waals surface area (Å²) in [5.41, 5.74) is 5.53. The van der Waals surface area contributed by atoms with Crippen molar-refractivity contribution in [2.75, 3.05) is 13.2 Å². The van der Waals surface area contributed by atoms with Gasteiger partial charge in [0, 0.05) is 0 Å². The van der Waals surface area contributed by atoms with Crippen LogP contribution in [0.15, 0.2) is 30.3 Å². The molecule has 1 atom stereocenters. The van der Waals surface area contributed by atoms with E-state index in [1.54, 1.807) is 4.90 Å². The van der Waals surface area contributed by atoms with Gasteiger partial charge in [-0.15, -0.1) is 0 Å². The van der Waals surface area contributed by atoms with Gasteiger partial charge in [0.15, 0.2) is 0 Å². The SMILES string of the molecule is CCC1NNC(=O)N1CCOc1ccccc1. The Hall–Kier alpha value is -1.75. The summed E-state index contributed by atoms with van der Waals surface area (Å²) in [6, 6.07) is 9.51. The standard InChI is InChI=1S/C12H17N3O2/c1-2-11-13-14-12(16)15(11)8-9-17-10-6-4-3-5-7-10/h3-7,11,13H,2,8-9H2,1H3,(H,14,16). The van der Waals surface area contributed by atoms with Crippen LogP contribution in [0.25, 0.3) is 0 Å². The van der Waals surface area contributed by atoms with E-state index in [2.05, 4.69) is 10.9 Å². The molecule has 0 aliphatic carbocycles. The van der Waals surface area contributed by atoms with E-state index < -0.39 is 0 Å². The van der Waals surface area contributed by atoms with Crippen LogP contribution < -0.4 is 15.6 Å². The number of amides is 2. The largest absolute Gasteiger partial charge is 0.492 e. The Morgan fingerprint density at radius 1 is 1.35 bits per heavy atom. The zero-order valence-electron chi connectivity index (χ0n) is 9.85. The topological polar surface area (TPSA) is 53.6 Å². The van der Waals surface area contributed by atoms with Crippen molar-refractivity contribution in [3.63, 3.8) is 0 Å². The molecule has 0 radical (unpaired) electrons. The van der Waals surface area contributed by atoms with E-state index in [1.165, 1.54) is 0 Å². The van der Waals surface area contributed by atoms with Gasteiger partial charge in [0.1, 0.15) is 18.5 Å². The van der Waals surface area contributed by atoms with Crippen LogP contribution in [0.5, 0.6) is 5.75 Å². The van der Waals surface area contributed by atoms with Crippen molar-refractivity contribution in [1.29, 1.82) is 0 Å². The highest BCUT2D eigenvalue weighted by molar-refractivity contribution is 5.75. The maximum atomic E-state index is 11.5. The third kappa shape index (κ3) is 2.88. The average molecular weight is 235 g/mol. The van der Waals surface area contributed by atoms with Gasteiger partial charge in [-0.2, -0.15) is 0 Å². The van der Waals surface area contributed by atoms with Crippen molar-refractivity contribution in [3.05, 3.63) is 30.3 Å². The summed E-state index contributed by atoms with van der Waals surface area (Å²) < 4.78 is 5.56. The number of hydrazine groups is 1. The summed E-state index contributed by atoms with van der Waals surface area (Å²) in [6.45, 7) is 3.10. The Morgan fingerprint density at radius 3 is 2.82 bits per heavy atom. The van der Waals surface area contributed by atoms with Gasteiger partial charge in [-0.25, -0.2) is 10.2 Å². The molecule has 0 aromatic heterocycles. The highest BCUT2D eigenvalue weighted by Gasteiger charge is 2.28. The number of rotatable bonds is 5. The van der Waals surface area contributed by atoms with Gasteiger partial charge in [0.2, 0.25) is 0 Å². The first-order chi connectivity index (χ1) is 8.31. The number of para-hydroxylation sites is 1. The zero-order valence-corrected chi connectivity index (χ0v) is 9.85. The molecule has 5 heteroatoms. The van der Waals surface area contributed by atoms with E-state index in [0.717, 1.165) is 12.2 Å². The smallest absolute Gasteiger partial charge is 0.333 e. The van der Waals surface area contributed by atoms with Gasteiger partial charge in [-0.1, -0.05) is 25.1 Å². The van der Waals surface area contributed by atoms with Crippen molar-refractivity contribution in [2.24, 2.45) is 0 Å². The number of urea groups is 1. The summed E-state index contributed by atoms with van der Waals surface area (Å²) in [7, 11) is 0. The highest BCUT2D eigenvalue weighted by Crippen LogP contribution is 2.10. The first-order valence-electron chi connectivity index (χ1n) is 5.81. The van der Waals surface area contributed by atoms with Crippen molar-refractivity contribution in [2.45, 2.75) is 19.5 Å². The normalized spacial score (nSPS) is 19.2. The van der Waals surface area contributed by atoms with E-state index in [-0.39, 0.29) is 12.2 Å². The Balaban J connectivity index is 1.80. The van der Waals surface area contributed by atoms with Crippen LogP contribution in [-0.4, -0.2) is 30.2 Å². The second kappa shape index (κ2) is 5.54. The van der Waals surface area contributed by atoms with Crippen LogP contribution >= 0.6 is 0 Å². The maximum absolute atomic E-state index is 11.5. The molecule has 2 rings (SSSR count). The lowest BCUT2D eigenvalue weighted by atomic mass is 10.3. The summed E-state index contributed by atoms with van der Waals surface area (Å²) in [5, 5.41) is 0. The molecule has 1 aliphatic heterocycles. The molecule has 1 saturated heterocycles. The molecule has 92 valence electrons. The molecular formula is C12H17N3O2. The lowest BCUT2D eigenvalue weighted by Gasteiger charge is -2.21. The number of carbonyl (C=O) groups excluding carboxylic acids is 1. The number of hydrogen-bond donors (Lipinski definition) is 2. The van der Waals surface area contributed by atoms with Crippen LogP contribution in [-0.2, 0) is 0 Å². The molecule has 1 fully saturated rings. The molecule has 2 N–H and O–H groups in total. The van der Waals surface area contributed by atoms with Gasteiger partial charge in [0.25, 0.3) is 0 Å². The molecule has 1 aliphatic rings. The van der Waals surface area contributed by atoms with Crippen LogP contribution in [0.2, 0.25) is 0 Å². The van der Waals surface area contributed by atoms with Crippen molar-refractivity contribution < 1.29 is 9.53 Å². The Morgan fingerprint density at radius 2 is 2.12 bits per heavy atom. The van der Waals surface area contributed by atoms with Gasteiger partial charge < -0.3 is 9.64 Å². The molecule has 17 heavy (non-hydrogen) atoms. The monoisotopic (exact) mass is 235 g/mol. The number of ether oxygens (including phenoxy) is 1. The van der Waals surface area contributed by atoms with E-state index in [0.29, 0.717) is 13.2 Å². The molecule has 1 aromatic carbocycles. The van der Waals surface area contributed by atoms with E-state index in [1.807, 2.05) is 37.3 Å². The van der Waals surface area contributed by atoms with Crippen molar-refractivity contribution in [3.8, 4) is 5.75 Å². The van der Waals surface area contributed by atoms with Crippen LogP contribution in [0.1, 0.15) is 13.3 Å². The third-order valence-corrected chi connectivity index (χ3v) is 2.71. The van der Waals surface area contributed by atoms with Crippen molar-refractivity contribution in [1.82, 2.24) is 15.8 Å². The summed E-state index contributed by atoms with van der Waals surface area (Å²) in [6.07, 6.45) is 0.922. The van der Waals surface area contributed by atoms with E-state index in [9.17, 15) is 4.79 Å². The summed E-state index contributed by atoms with van der Waals surface area (Å²) in [5.74, 6) is 0.827. The van der Waals surface area contributed by atoms with E-state index >= 15 is 0 Å². The minimum atomic E-state index is -0.0893. The van der Waals surface area contributed by atoms with Gasteiger partial charge in [-0.05, 0) is 18.6 Å². The molecular weight excluding hydrogens is 218 g/mol. The minimum absolute atomic E-state index is 0.0573. The number of hydrogen-bond acceptors (Lipinski definition) is 3. The van der Waals surface area contributed by atoms with Crippen LogP contribution in [0.3, 0.4) is 0 Å². The number of benzene rings is 1. The zero-order chi connectivity index (χ0) is 12.1. The van der Waals surface area contributed by atoms with Crippen molar-refractivity contribution >= 4 is 6.03 Å². The Bertz CT molecular complexity index is 369.